The van der Waals surface area contributed by atoms with Gasteiger partial charge in [-0.25, -0.2) is 22.5 Å². The van der Waals surface area contributed by atoms with Crippen molar-refractivity contribution in [3.8, 4) is 11.1 Å². The number of nitrogens with two attached hydrogens (primary N) is 2. The number of aliphatic carboxylic acids is 1. The number of hydrogen-bond acceptors (Lipinski definition) is 6. The van der Waals surface area contributed by atoms with Crippen molar-refractivity contribution in [3.05, 3.63) is 82.6 Å². The highest BCUT2D eigenvalue weighted by atomic mass is 19.1. The highest BCUT2D eigenvalue weighted by molar-refractivity contribution is 5.95. The predicted octanol–water partition coefficient (Wildman–Crippen LogP) is 3.66. The van der Waals surface area contributed by atoms with Crippen molar-refractivity contribution in [3.63, 3.8) is 0 Å². The van der Waals surface area contributed by atoms with Gasteiger partial charge in [0, 0.05) is 43.0 Å². The molecule has 1 amide bonds. The third kappa shape index (κ3) is 7.74. The molecule has 0 saturated heterocycles. The fourth-order valence-corrected chi connectivity index (χ4v) is 3.23. The number of carboxylic acid groups (broad SMARTS) is 1. The topological polar surface area (TPSA) is 164 Å². The minimum absolute atomic E-state index is 0.0728. The van der Waals surface area contributed by atoms with Gasteiger partial charge >= 0.3 is 0 Å². The Morgan fingerprint density at radius 2 is 1.61 bits per heavy atom. The molecular formula is C25H25F4N5O4. The van der Waals surface area contributed by atoms with Gasteiger partial charge in [0.1, 0.15) is 34.9 Å². The molecule has 1 aromatic heterocycles. The molecule has 13 heteroatoms. The van der Waals surface area contributed by atoms with E-state index in [4.69, 9.17) is 31.5 Å². The number of amides is 1. The minimum Gasteiger partial charge on any atom is -0.481 e. The Kier molecular flexibility index (Phi) is 10.3. The first kappa shape index (κ1) is 29.7. The normalized spacial score (nSPS) is 11.2. The Bertz CT molecular complexity index is 1290. The van der Waals surface area contributed by atoms with Gasteiger partial charge in [-0.15, -0.1) is 0 Å². The number of aromatic nitrogens is 1. The number of nitrogen functional groups attached to an aromatic ring is 2. The Morgan fingerprint density at radius 1 is 1.05 bits per heavy atom. The first-order valence-electron chi connectivity index (χ1n) is 11.0. The molecule has 7 N–H and O–H groups in total. The zero-order chi connectivity index (χ0) is 28.6. The van der Waals surface area contributed by atoms with Gasteiger partial charge in [-0.3, -0.25) is 15.0 Å². The summed E-state index contributed by atoms with van der Waals surface area (Å²) in [7, 11) is 0. The lowest BCUT2D eigenvalue weighted by Crippen LogP contribution is -2.32. The fourth-order valence-electron chi connectivity index (χ4n) is 3.23. The molecule has 0 radical (unpaired) electrons. The molecule has 9 nitrogen and oxygen atoms in total. The van der Waals surface area contributed by atoms with Gasteiger partial charge in [-0.1, -0.05) is 0 Å². The molecule has 1 heterocycles. The van der Waals surface area contributed by atoms with E-state index in [-0.39, 0.29) is 23.6 Å². The van der Waals surface area contributed by atoms with E-state index in [2.05, 4.69) is 10.3 Å². The summed E-state index contributed by atoms with van der Waals surface area (Å²) in [6.07, 6.45) is -0.373. The van der Waals surface area contributed by atoms with Crippen LogP contribution >= 0.6 is 0 Å². The first-order chi connectivity index (χ1) is 17.8. The lowest BCUT2D eigenvalue weighted by molar-refractivity contribution is -0.134. The molecule has 2 aromatic carbocycles. The van der Waals surface area contributed by atoms with E-state index >= 15 is 0 Å². The summed E-state index contributed by atoms with van der Waals surface area (Å²) in [6.45, 7) is 1.90. The zero-order valence-electron chi connectivity index (χ0n) is 20.3. The van der Waals surface area contributed by atoms with Crippen LogP contribution in [0.15, 0.2) is 42.6 Å². The summed E-state index contributed by atoms with van der Waals surface area (Å²) >= 11 is 0. The van der Waals surface area contributed by atoms with Crippen LogP contribution < -0.4 is 16.8 Å². The summed E-state index contributed by atoms with van der Waals surface area (Å²) in [6, 6.07) is 6.73. The zero-order valence-corrected chi connectivity index (χ0v) is 20.3. The molecule has 3 rings (SSSR count). The SMILES string of the molecule is CC(=O)O.CCOC(C(=O)NCc1c(F)cc(C(=N)N)cc1F)c1c(F)cc(-c2ccc(N)nc2)cc1F. The van der Waals surface area contributed by atoms with E-state index in [0.717, 1.165) is 31.2 Å². The molecule has 0 fully saturated rings. The van der Waals surface area contributed by atoms with Crippen molar-refractivity contribution in [2.45, 2.75) is 26.5 Å². The first-order valence-corrected chi connectivity index (χ1v) is 11.0. The lowest BCUT2D eigenvalue weighted by Gasteiger charge is -2.19. The van der Waals surface area contributed by atoms with Crippen LogP contribution in [0.25, 0.3) is 11.1 Å². The van der Waals surface area contributed by atoms with Crippen molar-refractivity contribution in [1.29, 1.82) is 5.41 Å². The van der Waals surface area contributed by atoms with Crippen LogP contribution in [0.2, 0.25) is 0 Å². The molecular weight excluding hydrogens is 510 g/mol. The lowest BCUT2D eigenvalue weighted by atomic mass is 10.0. The third-order valence-corrected chi connectivity index (χ3v) is 4.92. The van der Waals surface area contributed by atoms with Crippen LogP contribution in [0, 0.1) is 28.7 Å². The highest BCUT2D eigenvalue weighted by Gasteiger charge is 2.29. The molecule has 0 aliphatic carbocycles. The van der Waals surface area contributed by atoms with E-state index in [9.17, 15) is 22.4 Å². The molecule has 0 aliphatic heterocycles. The molecule has 0 aliphatic rings. The van der Waals surface area contributed by atoms with Crippen LogP contribution in [-0.2, 0) is 20.9 Å². The van der Waals surface area contributed by atoms with E-state index in [1.165, 1.54) is 25.3 Å². The average molecular weight is 535 g/mol. The second kappa shape index (κ2) is 13.1. The number of nitrogens with one attached hydrogen (secondary N) is 2. The number of halogens is 4. The number of carboxylic acids is 1. The molecule has 0 bridgehead atoms. The second-order valence-electron chi connectivity index (χ2n) is 7.73. The van der Waals surface area contributed by atoms with Gasteiger partial charge in [-0.05, 0) is 48.9 Å². The largest absolute Gasteiger partial charge is 0.481 e. The molecule has 3 aromatic rings. The number of pyridine rings is 1. The van der Waals surface area contributed by atoms with Crippen molar-refractivity contribution in [2.24, 2.45) is 5.73 Å². The van der Waals surface area contributed by atoms with Gasteiger partial charge in [-0.2, -0.15) is 0 Å². The van der Waals surface area contributed by atoms with Crippen LogP contribution in [0.1, 0.15) is 36.6 Å². The van der Waals surface area contributed by atoms with Gasteiger partial charge in [0.15, 0.2) is 6.10 Å². The average Bonchev–Trinajstić information content (AvgIpc) is 2.82. The molecule has 38 heavy (non-hydrogen) atoms. The van der Waals surface area contributed by atoms with E-state index in [1.807, 2.05) is 0 Å². The minimum atomic E-state index is -1.72. The maximum Gasteiger partial charge on any atom is 0.300 e. The van der Waals surface area contributed by atoms with Gasteiger partial charge in [0.2, 0.25) is 0 Å². The monoisotopic (exact) mass is 535 g/mol. The maximum absolute atomic E-state index is 14.9. The molecule has 202 valence electrons. The second-order valence-corrected chi connectivity index (χ2v) is 7.73. The van der Waals surface area contributed by atoms with Gasteiger partial charge in [0.25, 0.3) is 11.9 Å². The number of ether oxygens (including phenoxy) is 1. The molecule has 0 spiro atoms. The van der Waals surface area contributed by atoms with Gasteiger partial charge in [0.05, 0.1) is 5.56 Å². The smallest absolute Gasteiger partial charge is 0.300 e. The van der Waals surface area contributed by atoms with Crippen molar-refractivity contribution < 1.29 is 37.0 Å². The number of hydrogen-bond donors (Lipinski definition) is 5. The summed E-state index contributed by atoms with van der Waals surface area (Å²) in [5, 5.41) is 16.9. The van der Waals surface area contributed by atoms with Crippen molar-refractivity contribution >= 4 is 23.5 Å². The number of carbonyl (C=O) groups excluding carboxylic acids is 1. The number of benzene rings is 2. The van der Waals surface area contributed by atoms with Crippen LogP contribution in [0.3, 0.4) is 0 Å². The van der Waals surface area contributed by atoms with Crippen LogP contribution in [0.5, 0.6) is 0 Å². The Balaban J connectivity index is 0.00000118. The van der Waals surface area contributed by atoms with Crippen LogP contribution in [0.4, 0.5) is 23.4 Å². The summed E-state index contributed by atoms with van der Waals surface area (Å²) in [5.41, 5.74) is 9.98. The Labute approximate surface area is 214 Å². The van der Waals surface area contributed by atoms with Crippen molar-refractivity contribution in [1.82, 2.24) is 10.3 Å². The van der Waals surface area contributed by atoms with E-state index in [0.29, 0.717) is 5.56 Å². The number of carbonyl (C=O) groups is 2. The summed E-state index contributed by atoms with van der Waals surface area (Å²) in [4.78, 5) is 25.6. The van der Waals surface area contributed by atoms with Crippen molar-refractivity contribution in [2.75, 3.05) is 12.3 Å². The molecule has 1 unspecified atom stereocenters. The third-order valence-electron chi connectivity index (χ3n) is 4.92. The molecule has 1 atom stereocenters. The molecule has 0 saturated carbocycles. The summed E-state index contributed by atoms with van der Waals surface area (Å²) in [5.74, 6) is -6.33. The number of amidine groups is 1. The van der Waals surface area contributed by atoms with Crippen LogP contribution in [-0.4, -0.2) is 34.4 Å². The quantitative estimate of drug-likeness (QED) is 0.167. The number of anilines is 1. The maximum atomic E-state index is 14.9. The standard InChI is InChI=1S/C23H21F4N5O2.C2H4O2/c1-2-34-21(23(33)32-10-14-15(24)7-13(22(29)30)8-16(14)25)20-17(26)5-12(6-18(20)27)11-3-4-19(28)31-9-11;1-2(3)4/h3-9,21H,2,10H2,1H3,(H2,28,31)(H3,29,30)(H,32,33);1H3,(H,3,4). The van der Waals surface area contributed by atoms with E-state index < -0.39 is 64.8 Å². The predicted molar refractivity (Wildman–Crippen MR) is 131 cm³/mol. The van der Waals surface area contributed by atoms with Gasteiger partial charge < -0.3 is 26.6 Å². The Morgan fingerprint density at radius 3 is 2.05 bits per heavy atom. The summed E-state index contributed by atoms with van der Waals surface area (Å²) < 4.78 is 63.6. The van der Waals surface area contributed by atoms with E-state index in [1.54, 1.807) is 0 Å². The number of nitrogens with zero attached hydrogens (tertiary/aromatic N) is 1. The highest BCUT2D eigenvalue weighted by Crippen LogP contribution is 2.30. The Hall–Kier alpha value is -4.52. The number of rotatable bonds is 8. The fraction of sp³-hybridized carbons (Fsp3) is 0.200.